The highest BCUT2D eigenvalue weighted by atomic mass is 35.5. The molecular weight excluding hydrogens is 374 g/mol. The topological polar surface area (TPSA) is 86.5 Å². The second-order valence-corrected chi connectivity index (χ2v) is 6.93. The summed E-state index contributed by atoms with van der Waals surface area (Å²) in [5, 5.41) is 5.37. The van der Waals surface area contributed by atoms with Gasteiger partial charge in [-0.05, 0) is 31.7 Å². The third-order valence-corrected chi connectivity index (χ3v) is 5.14. The predicted molar refractivity (Wildman–Crippen MR) is 104 cm³/mol. The number of carbonyl (C=O) groups is 1. The number of nitrogens with zero attached hydrogens (tertiary/aromatic N) is 1. The first kappa shape index (κ1) is 20.5. The van der Waals surface area contributed by atoms with E-state index in [0.29, 0.717) is 24.5 Å². The van der Waals surface area contributed by atoms with Crippen molar-refractivity contribution in [3.63, 3.8) is 0 Å². The summed E-state index contributed by atoms with van der Waals surface area (Å²) in [6.45, 7) is 0.695. The Hall–Kier alpha value is -1.83. The molecule has 1 aliphatic carbocycles. The molecule has 0 unspecified atom stereocenters. The van der Waals surface area contributed by atoms with Crippen LogP contribution in [0.25, 0.3) is 0 Å². The number of carbonyl (C=O) groups excluding carboxylic acids is 1. The molecular formula is C18H24ClN3O3S. The number of thiazole rings is 1. The van der Waals surface area contributed by atoms with Crippen molar-refractivity contribution in [2.75, 3.05) is 7.11 Å². The van der Waals surface area contributed by atoms with Crippen LogP contribution in [0.1, 0.15) is 46.7 Å². The quantitative estimate of drug-likeness (QED) is 0.748. The van der Waals surface area contributed by atoms with Crippen molar-refractivity contribution in [1.29, 1.82) is 0 Å². The van der Waals surface area contributed by atoms with Crippen molar-refractivity contribution in [3.05, 3.63) is 39.8 Å². The molecule has 3 N–H and O–H groups in total. The number of aromatic nitrogens is 1. The maximum Gasteiger partial charge on any atom is 0.271 e. The molecule has 142 valence electrons. The first-order chi connectivity index (χ1) is 12.2. The van der Waals surface area contributed by atoms with Crippen LogP contribution in [0.5, 0.6) is 11.5 Å². The Morgan fingerprint density at radius 2 is 2.15 bits per heavy atom. The Morgan fingerprint density at radius 3 is 2.81 bits per heavy atom. The van der Waals surface area contributed by atoms with Gasteiger partial charge in [0.15, 0.2) is 11.5 Å². The number of rotatable bonds is 7. The van der Waals surface area contributed by atoms with E-state index >= 15 is 0 Å². The zero-order chi connectivity index (χ0) is 17.6. The molecule has 1 fully saturated rings. The first-order valence-electron chi connectivity index (χ1n) is 8.46. The van der Waals surface area contributed by atoms with Crippen molar-refractivity contribution in [1.82, 2.24) is 10.3 Å². The Bertz CT molecular complexity index is 732. The van der Waals surface area contributed by atoms with Crippen LogP contribution >= 0.6 is 23.7 Å². The van der Waals surface area contributed by atoms with Gasteiger partial charge < -0.3 is 20.5 Å². The number of nitrogens with two attached hydrogens (primary N) is 1. The molecule has 2 aromatic rings. The molecule has 8 heteroatoms. The summed E-state index contributed by atoms with van der Waals surface area (Å²) in [4.78, 5) is 16.5. The average molecular weight is 398 g/mol. The van der Waals surface area contributed by atoms with Gasteiger partial charge in [0.1, 0.15) is 10.7 Å². The van der Waals surface area contributed by atoms with Crippen molar-refractivity contribution in [3.8, 4) is 11.5 Å². The normalized spacial score (nSPS) is 13.9. The summed E-state index contributed by atoms with van der Waals surface area (Å²) >= 11 is 1.39. The van der Waals surface area contributed by atoms with E-state index in [1.165, 1.54) is 24.2 Å². The van der Waals surface area contributed by atoms with Crippen LogP contribution < -0.4 is 20.5 Å². The molecule has 0 atom stereocenters. The Labute approximate surface area is 163 Å². The largest absolute Gasteiger partial charge is 0.493 e. The lowest BCUT2D eigenvalue weighted by molar-refractivity contribution is 0.0945. The third kappa shape index (κ3) is 4.87. The monoisotopic (exact) mass is 397 g/mol. The first-order valence-corrected chi connectivity index (χ1v) is 9.34. The highest BCUT2D eigenvalue weighted by molar-refractivity contribution is 7.09. The predicted octanol–water partition coefficient (Wildman–Crippen LogP) is 3.28. The highest BCUT2D eigenvalue weighted by Gasteiger charge is 2.21. The number of benzene rings is 1. The van der Waals surface area contributed by atoms with Crippen molar-refractivity contribution < 1.29 is 14.3 Å². The van der Waals surface area contributed by atoms with Crippen LogP contribution in [-0.4, -0.2) is 24.1 Å². The van der Waals surface area contributed by atoms with E-state index in [1.807, 2.05) is 18.2 Å². The van der Waals surface area contributed by atoms with Crippen molar-refractivity contribution in [2.24, 2.45) is 5.73 Å². The van der Waals surface area contributed by atoms with Gasteiger partial charge in [-0.15, -0.1) is 23.7 Å². The number of hydrogen-bond acceptors (Lipinski definition) is 6. The van der Waals surface area contributed by atoms with Gasteiger partial charge in [-0.3, -0.25) is 4.79 Å². The number of ether oxygens (including phenoxy) is 2. The molecule has 0 spiro atoms. The van der Waals surface area contributed by atoms with E-state index in [1.54, 1.807) is 12.5 Å². The third-order valence-electron chi connectivity index (χ3n) is 4.27. The number of para-hydroxylation sites is 1. The summed E-state index contributed by atoms with van der Waals surface area (Å²) < 4.78 is 11.6. The molecule has 0 bridgehead atoms. The zero-order valence-corrected chi connectivity index (χ0v) is 16.3. The van der Waals surface area contributed by atoms with Crippen LogP contribution in [-0.2, 0) is 13.1 Å². The maximum atomic E-state index is 12.3. The molecule has 3 rings (SSSR count). The molecule has 1 aliphatic rings. The van der Waals surface area contributed by atoms with Gasteiger partial charge in [-0.1, -0.05) is 12.1 Å². The minimum Gasteiger partial charge on any atom is -0.493 e. The van der Waals surface area contributed by atoms with Crippen molar-refractivity contribution >= 4 is 29.7 Å². The second-order valence-electron chi connectivity index (χ2n) is 5.99. The Kier molecular flexibility index (Phi) is 7.68. The van der Waals surface area contributed by atoms with Gasteiger partial charge in [0.2, 0.25) is 0 Å². The van der Waals surface area contributed by atoms with E-state index in [0.717, 1.165) is 29.2 Å². The average Bonchev–Trinajstić information content (AvgIpc) is 3.32. The molecule has 26 heavy (non-hydrogen) atoms. The van der Waals surface area contributed by atoms with Crippen LogP contribution in [0, 0.1) is 0 Å². The second kappa shape index (κ2) is 9.75. The lowest BCUT2D eigenvalue weighted by Crippen LogP contribution is -2.24. The van der Waals surface area contributed by atoms with Gasteiger partial charge in [0, 0.05) is 24.0 Å². The van der Waals surface area contributed by atoms with Crippen LogP contribution in [0.4, 0.5) is 0 Å². The van der Waals surface area contributed by atoms with Gasteiger partial charge >= 0.3 is 0 Å². The van der Waals surface area contributed by atoms with Crippen LogP contribution in [0.2, 0.25) is 0 Å². The van der Waals surface area contributed by atoms with E-state index in [9.17, 15) is 4.79 Å². The lowest BCUT2D eigenvalue weighted by atomic mass is 10.1. The fraction of sp³-hybridized carbons (Fsp3) is 0.444. The minimum atomic E-state index is -0.217. The summed E-state index contributed by atoms with van der Waals surface area (Å²) in [5.74, 6) is 1.20. The molecule has 1 aromatic heterocycles. The zero-order valence-electron chi connectivity index (χ0n) is 14.7. The summed E-state index contributed by atoms with van der Waals surface area (Å²) in [6, 6.07) is 5.72. The van der Waals surface area contributed by atoms with Crippen LogP contribution in [0.15, 0.2) is 23.6 Å². The Balaban J connectivity index is 0.00000243. The number of hydrogen-bond donors (Lipinski definition) is 2. The van der Waals surface area contributed by atoms with E-state index in [-0.39, 0.29) is 24.4 Å². The number of nitrogens with one attached hydrogen (secondary N) is 1. The molecule has 1 aromatic carbocycles. The fourth-order valence-corrected chi connectivity index (χ4v) is 3.60. The summed E-state index contributed by atoms with van der Waals surface area (Å²) in [5.41, 5.74) is 6.84. The van der Waals surface area contributed by atoms with Gasteiger partial charge in [-0.25, -0.2) is 4.98 Å². The highest BCUT2D eigenvalue weighted by Crippen LogP contribution is 2.34. The molecule has 1 heterocycles. The number of amides is 1. The van der Waals surface area contributed by atoms with E-state index in [2.05, 4.69) is 10.3 Å². The standard InChI is InChI=1S/C18H23N3O3S.ClH/c1-23-15-8-4-5-12(17(15)24-13-6-2-3-7-13)10-20-18(22)14-11-25-16(9-19)21-14;/h4-5,8,11,13H,2-3,6-7,9-10,19H2,1H3,(H,20,22);1H. The van der Waals surface area contributed by atoms with E-state index < -0.39 is 0 Å². The Morgan fingerprint density at radius 1 is 1.38 bits per heavy atom. The molecule has 0 aliphatic heterocycles. The smallest absolute Gasteiger partial charge is 0.271 e. The molecule has 1 saturated carbocycles. The molecule has 6 nitrogen and oxygen atoms in total. The van der Waals surface area contributed by atoms with Crippen molar-refractivity contribution in [2.45, 2.75) is 44.9 Å². The maximum absolute atomic E-state index is 12.3. The molecule has 1 amide bonds. The number of halogens is 1. The van der Waals surface area contributed by atoms with E-state index in [4.69, 9.17) is 15.2 Å². The SMILES string of the molecule is COc1cccc(CNC(=O)c2csc(CN)n2)c1OC1CCCC1.Cl. The number of methoxy groups -OCH3 is 1. The summed E-state index contributed by atoms with van der Waals surface area (Å²) in [6.07, 6.45) is 4.73. The lowest BCUT2D eigenvalue weighted by Gasteiger charge is -2.19. The van der Waals surface area contributed by atoms with Gasteiger partial charge in [0.05, 0.1) is 13.2 Å². The molecule has 0 saturated heterocycles. The molecule has 0 radical (unpaired) electrons. The van der Waals surface area contributed by atoms with Crippen LogP contribution in [0.3, 0.4) is 0 Å². The van der Waals surface area contributed by atoms with Gasteiger partial charge in [-0.2, -0.15) is 0 Å². The fourth-order valence-electron chi connectivity index (χ4n) is 2.94. The van der Waals surface area contributed by atoms with Gasteiger partial charge in [0.25, 0.3) is 5.91 Å². The summed E-state index contributed by atoms with van der Waals surface area (Å²) in [7, 11) is 1.63. The minimum absolute atomic E-state index is 0.